The third-order valence-corrected chi connectivity index (χ3v) is 15.8. The number of hydrogen-bond acceptors (Lipinski definition) is 6. The van der Waals surface area contributed by atoms with E-state index in [9.17, 15) is 14.4 Å². The molecule has 0 bridgehead atoms. The third kappa shape index (κ3) is 62.9. The van der Waals surface area contributed by atoms with E-state index >= 15 is 0 Å². The van der Waals surface area contributed by atoms with Crippen LogP contribution in [0.4, 0.5) is 0 Å². The highest BCUT2D eigenvalue weighted by atomic mass is 16.6. The molecule has 0 spiro atoms. The van der Waals surface area contributed by atoms with E-state index in [2.05, 4.69) is 32.9 Å². The zero-order valence-electron chi connectivity index (χ0n) is 51.1. The molecule has 0 fully saturated rings. The molecule has 0 aromatic rings. The average Bonchev–Trinajstić information content (AvgIpc) is 3.41. The van der Waals surface area contributed by atoms with Gasteiger partial charge in [-0.05, 0) is 44.9 Å². The Bertz CT molecular complexity index is 1100. The lowest BCUT2D eigenvalue weighted by Gasteiger charge is -2.18. The minimum atomic E-state index is -0.768. The summed E-state index contributed by atoms with van der Waals surface area (Å²) >= 11 is 0. The van der Waals surface area contributed by atoms with Crippen molar-refractivity contribution in [2.45, 2.75) is 399 Å². The molecule has 0 saturated heterocycles. The van der Waals surface area contributed by atoms with Crippen LogP contribution in [0.3, 0.4) is 0 Å². The quantitative estimate of drug-likeness (QED) is 0.0261. The Labute approximate surface area is 469 Å². The summed E-state index contributed by atoms with van der Waals surface area (Å²) in [5.41, 5.74) is 0. The van der Waals surface area contributed by atoms with Gasteiger partial charge in [-0.1, -0.05) is 341 Å². The van der Waals surface area contributed by atoms with Crippen molar-refractivity contribution in [3.05, 3.63) is 12.2 Å². The first kappa shape index (κ1) is 73.2. The van der Waals surface area contributed by atoms with Crippen molar-refractivity contribution in [3.8, 4) is 0 Å². The lowest BCUT2D eigenvalue weighted by molar-refractivity contribution is -0.167. The molecule has 0 aromatic carbocycles. The Morgan fingerprint density at radius 3 is 0.680 bits per heavy atom. The summed E-state index contributed by atoms with van der Waals surface area (Å²) < 4.78 is 17.0. The van der Waals surface area contributed by atoms with Gasteiger partial charge in [0.05, 0.1) is 0 Å². The molecule has 444 valence electrons. The summed E-state index contributed by atoms with van der Waals surface area (Å²) in [7, 11) is 0. The summed E-state index contributed by atoms with van der Waals surface area (Å²) in [6, 6.07) is 0. The fourth-order valence-electron chi connectivity index (χ4n) is 10.6. The van der Waals surface area contributed by atoms with E-state index in [-0.39, 0.29) is 31.1 Å². The first-order valence-electron chi connectivity index (χ1n) is 34.2. The van der Waals surface area contributed by atoms with Crippen LogP contribution in [0.2, 0.25) is 0 Å². The number of allylic oxidation sites excluding steroid dienone is 2. The first-order valence-corrected chi connectivity index (χ1v) is 34.2. The Morgan fingerprint density at radius 2 is 0.440 bits per heavy atom. The fraction of sp³-hybridized carbons (Fsp3) is 0.928. The van der Waals surface area contributed by atoms with Crippen molar-refractivity contribution in [1.82, 2.24) is 0 Å². The molecular formula is C69H132O6. The highest BCUT2D eigenvalue weighted by Gasteiger charge is 2.19. The van der Waals surface area contributed by atoms with Crippen molar-refractivity contribution in [1.29, 1.82) is 0 Å². The Morgan fingerprint density at radius 1 is 0.253 bits per heavy atom. The molecule has 0 N–H and O–H groups in total. The molecule has 0 aromatic heterocycles. The molecule has 6 heteroatoms. The zero-order valence-corrected chi connectivity index (χ0v) is 51.1. The minimum absolute atomic E-state index is 0.0650. The van der Waals surface area contributed by atoms with E-state index in [4.69, 9.17) is 14.2 Å². The number of carbonyl (C=O) groups is 3. The molecule has 0 heterocycles. The van der Waals surface area contributed by atoms with Gasteiger partial charge in [-0.25, -0.2) is 0 Å². The maximum Gasteiger partial charge on any atom is 0.306 e. The van der Waals surface area contributed by atoms with Gasteiger partial charge in [-0.2, -0.15) is 0 Å². The van der Waals surface area contributed by atoms with Gasteiger partial charge in [0.1, 0.15) is 13.2 Å². The second-order valence-electron chi connectivity index (χ2n) is 23.5. The number of esters is 3. The molecule has 75 heavy (non-hydrogen) atoms. The summed E-state index contributed by atoms with van der Waals surface area (Å²) in [5, 5.41) is 0. The number of ether oxygens (including phenoxy) is 3. The fourth-order valence-corrected chi connectivity index (χ4v) is 10.6. The van der Waals surface area contributed by atoms with Crippen molar-refractivity contribution in [2.24, 2.45) is 0 Å². The molecular weight excluding hydrogens is 925 g/mol. The highest BCUT2D eigenvalue weighted by Crippen LogP contribution is 2.19. The van der Waals surface area contributed by atoms with E-state index in [0.717, 1.165) is 57.8 Å². The standard InChI is InChI=1S/C69H132O6/c1-4-7-10-13-16-19-22-25-28-30-32-34-36-38-41-43-46-49-52-55-58-61-67(70)73-64-66(75-69(72)63-60-57-54-51-48-45-40-27-24-21-18-15-12-9-6-3)65-74-68(71)62-59-56-53-50-47-44-42-39-37-35-33-31-29-26-23-20-17-14-11-8-5-2/h21,24,66H,4-20,22-23,25-65H2,1-3H3/b24-21-. The van der Waals surface area contributed by atoms with Crippen molar-refractivity contribution in [2.75, 3.05) is 13.2 Å². The number of carbonyl (C=O) groups excluding carboxylic acids is 3. The van der Waals surface area contributed by atoms with E-state index in [1.165, 1.54) is 295 Å². The van der Waals surface area contributed by atoms with Gasteiger partial charge in [0.2, 0.25) is 0 Å². The van der Waals surface area contributed by atoms with Crippen LogP contribution in [0.25, 0.3) is 0 Å². The molecule has 0 saturated carbocycles. The maximum absolute atomic E-state index is 12.9. The Hall–Kier alpha value is -1.85. The Kier molecular flexibility index (Phi) is 63.1. The number of unbranched alkanes of at least 4 members (excludes halogenated alkanes) is 51. The third-order valence-electron chi connectivity index (χ3n) is 15.8. The van der Waals surface area contributed by atoms with Crippen molar-refractivity contribution >= 4 is 17.9 Å². The van der Waals surface area contributed by atoms with Crippen LogP contribution < -0.4 is 0 Å². The number of rotatable bonds is 64. The van der Waals surface area contributed by atoms with Gasteiger partial charge in [-0.3, -0.25) is 14.4 Å². The van der Waals surface area contributed by atoms with Crippen LogP contribution in [-0.2, 0) is 28.6 Å². The predicted octanol–water partition coefficient (Wildman–Crippen LogP) is 23.2. The van der Waals surface area contributed by atoms with Crippen LogP contribution >= 0.6 is 0 Å². The van der Waals surface area contributed by atoms with Gasteiger partial charge in [0.15, 0.2) is 6.10 Å². The first-order chi connectivity index (χ1) is 37.0. The molecule has 0 unspecified atom stereocenters. The van der Waals surface area contributed by atoms with Crippen LogP contribution in [0.1, 0.15) is 393 Å². The van der Waals surface area contributed by atoms with E-state index in [0.29, 0.717) is 19.3 Å². The van der Waals surface area contributed by atoms with Crippen LogP contribution in [0, 0.1) is 0 Å². The average molecular weight is 1060 g/mol. The van der Waals surface area contributed by atoms with E-state index < -0.39 is 6.10 Å². The lowest BCUT2D eigenvalue weighted by atomic mass is 10.0. The topological polar surface area (TPSA) is 78.9 Å². The lowest BCUT2D eigenvalue weighted by Crippen LogP contribution is -2.30. The molecule has 0 rings (SSSR count). The van der Waals surface area contributed by atoms with E-state index in [1.54, 1.807) is 0 Å². The predicted molar refractivity (Wildman–Crippen MR) is 326 cm³/mol. The molecule has 0 amide bonds. The smallest absolute Gasteiger partial charge is 0.306 e. The van der Waals surface area contributed by atoms with E-state index in [1.807, 2.05) is 0 Å². The highest BCUT2D eigenvalue weighted by molar-refractivity contribution is 5.71. The summed E-state index contributed by atoms with van der Waals surface area (Å²) in [4.78, 5) is 38.4. The monoisotopic (exact) mass is 1060 g/mol. The molecule has 0 aliphatic heterocycles. The second kappa shape index (κ2) is 64.7. The van der Waals surface area contributed by atoms with Crippen LogP contribution in [0.15, 0.2) is 12.2 Å². The van der Waals surface area contributed by atoms with Gasteiger partial charge in [-0.15, -0.1) is 0 Å². The van der Waals surface area contributed by atoms with Gasteiger partial charge in [0, 0.05) is 19.3 Å². The normalized spacial score (nSPS) is 11.6. The largest absolute Gasteiger partial charge is 0.462 e. The Balaban J connectivity index is 4.25. The zero-order chi connectivity index (χ0) is 54.3. The SMILES string of the molecule is CCCCCC/C=C\CCCCCCCCCC(=O)OC(COC(=O)CCCCCCCCCCCCCCCCCCCCCCC)COC(=O)CCCCCCCCCCCCCCCCCCCCCCC. The van der Waals surface area contributed by atoms with Crippen LogP contribution in [0.5, 0.6) is 0 Å². The molecule has 0 atom stereocenters. The molecule has 6 nitrogen and oxygen atoms in total. The summed E-state index contributed by atoms with van der Waals surface area (Å²) in [6.45, 7) is 6.72. The summed E-state index contributed by atoms with van der Waals surface area (Å²) in [5.74, 6) is -0.835. The number of hydrogen-bond donors (Lipinski definition) is 0. The summed E-state index contributed by atoms with van der Waals surface area (Å²) in [6.07, 6.45) is 76.6. The molecule has 0 aliphatic carbocycles. The minimum Gasteiger partial charge on any atom is -0.462 e. The molecule has 0 radical (unpaired) electrons. The van der Waals surface area contributed by atoms with Crippen molar-refractivity contribution in [3.63, 3.8) is 0 Å². The van der Waals surface area contributed by atoms with Crippen molar-refractivity contribution < 1.29 is 28.6 Å². The maximum atomic E-state index is 12.9. The second-order valence-corrected chi connectivity index (χ2v) is 23.5. The van der Waals surface area contributed by atoms with Gasteiger partial charge in [0.25, 0.3) is 0 Å². The van der Waals surface area contributed by atoms with Gasteiger partial charge < -0.3 is 14.2 Å². The van der Waals surface area contributed by atoms with Gasteiger partial charge >= 0.3 is 17.9 Å². The van der Waals surface area contributed by atoms with Crippen LogP contribution in [-0.4, -0.2) is 37.2 Å². The molecule has 0 aliphatic rings.